The van der Waals surface area contributed by atoms with Crippen molar-refractivity contribution in [3.8, 4) is 0 Å². The van der Waals surface area contributed by atoms with Crippen molar-refractivity contribution in [1.82, 2.24) is 9.88 Å². The number of nitrogens with zero attached hydrogens (tertiary/aromatic N) is 2. The lowest BCUT2D eigenvalue weighted by molar-refractivity contribution is -0.0416. The van der Waals surface area contributed by atoms with Gasteiger partial charge in [-0.05, 0) is 18.6 Å². The Morgan fingerprint density at radius 2 is 2.50 bits per heavy atom. The number of hydrogen-bond acceptors (Lipinski definition) is 3. The maximum atomic E-state index is 12.5. The van der Waals surface area contributed by atoms with Gasteiger partial charge in [-0.1, -0.05) is 6.07 Å². The van der Waals surface area contributed by atoms with Crippen molar-refractivity contribution in [3.63, 3.8) is 0 Å². The molecule has 1 unspecified atom stereocenters. The number of pyridine rings is 1. The van der Waals surface area contributed by atoms with Gasteiger partial charge in [0.05, 0.1) is 18.4 Å². The summed E-state index contributed by atoms with van der Waals surface area (Å²) in [6.07, 6.45) is 1.54. The predicted molar refractivity (Wildman–Crippen MR) is 60.0 cm³/mol. The molecule has 1 aliphatic heterocycles. The van der Waals surface area contributed by atoms with Crippen LogP contribution in [-0.2, 0) is 11.3 Å². The van der Waals surface area contributed by atoms with Crippen molar-refractivity contribution < 1.29 is 9.13 Å². The maximum absolute atomic E-state index is 12.5. The summed E-state index contributed by atoms with van der Waals surface area (Å²) in [5.74, 6) is 0. The second-order valence-corrected chi connectivity index (χ2v) is 4.15. The van der Waals surface area contributed by atoms with Crippen LogP contribution >= 0.6 is 0 Å². The Kier molecular flexibility index (Phi) is 3.85. The first-order valence-electron chi connectivity index (χ1n) is 5.60. The van der Waals surface area contributed by atoms with Gasteiger partial charge in [0, 0.05) is 25.8 Å². The fourth-order valence-corrected chi connectivity index (χ4v) is 1.91. The molecular formula is C12H17FN2O. The number of halogens is 1. The molecule has 2 rings (SSSR count). The molecule has 88 valence electrons. The lowest BCUT2D eigenvalue weighted by Gasteiger charge is -2.31. The maximum Gasteiger partial charge on any atom is 0.117 e. The van der Waals surface area contributed by atoms with E-state index in [0.29, 0.717) is 13.2 Å². The van der Waals surface area contributed by atoms with E-state index in [1.807, 2.05) is 6.07 Å². The van der Waals surface area contributed by atoms with Gasteiger partial charge in [-0.25, -0.2) is 4.39 Å². The van der Waals surface area contributed by atoms with Crippen LogP contribution in [0, 0.1) is 6.92 Å². The molecule has 0 aliphatic carbocycles. The van der Waals surface area contributed by atoms with Crippen molar-refractivity contribution >= 4 is 0 Å². The second-order valence-electron chi connectivity index (χ2n) is 4.15. The van der Waals surface area contributed by atoms with Gasteiger partial charge in [0.1, 0.15) is 6.67 Å². The van der Waals surface area contributed by atoms with Crippen LogP contribution in [0.3, 0.4) is 0 Å². The first kappa shape index (κ1) is 11.5. The molecule has 0 radical (unpaired) electrons. The van der Waals surface area contributed by atoms with Gasteiger partial charge in [-0.2, -0.15) is 0 Å². The third-order valence-corrected chi connectivity index (χ3v) is 2.89. The zero-order chi connectivity index (χ0) is 11.4. The topological polar surface area (TPSA) is 25.4 Å². The van der Waals surface area contributed by atoms with E-state index in [0.717, 1.165) is 18.8 Å². The van der Waals surface area contributed by atoms with Gasteiger partial charge in [-0.15, -0.1) is 0 Å². The molecule has 1 aliphatic rings. The molecule has 0 N–H and O–H groups in total. The quantitative estimate of drug-likeness (QED) is 0.779. The minimum absolute atomic E-state index is 0.266. The summed E-state index contributed by atoms with van der Waals surface area (Å²) in [6.45, 7) is 4.55. The molecule has 4 heteroatoms. The van der Waals surface area contributed by atoms with Crippen LogP contribution in [0.5, 0.6) is 0 Å². The van der Waals surface area contributed by atoms with E-state index in [4.69, 9.17) is 4.74 Å². The predicted octanol–water partition coefficient (Wildman–Crippen LogP) is 1.56. The average Bonchev–Trinajstić information content (AvgIpc) is 2.32. The molecule has 1 aromatic rings. The third kappa shape index (κ3) is 2.77. The largest absolute Gasteiger partial charge is 0.373 e. The van der Waals surface area contributed by atoms with Crippen LogP contribution in [-0.4, -0.2) is 42.4 Å². The highest BCUT2D eigenvalue weighted by Crippen LogP contribution is 2.11. The monoisotopic (exact) mass is 224 g/mol. The van der Waals surface area contributed by atoms with Crippen molar-refractivity contribution in [2.45, 2.75) is 19.6 Å². The van der Waals surface area contributed by atoms with Crippen molar-refractivity contribution in [2.24, 2.45) is 0 Å². The molecule has 0 spiro atoms. The lowest BCUT2D eigenvalue weighted by atomic mass is 10.2. The smallest absolute Gasteiger partial charge is 0.117 e. The van der Waals surface area contributed by atoms with Gasteiger partial charge < -0.3 is 4.74 Å². The van der Waals surface area contributed by atoms with Crippen LogP contribution < -0.4 is 0 Å². The number of aromatic nitrogens is 1. The van der Waals surface area contributed by atoms with E-state index in [2.05, 4.69) is 22.9 Å². The first-order valence-corrected chi connectivity index (χ1v) is 5.60. The molecule has 0 amide bonds. The highest BCUT2D eigenvalue weighted by molar-refractivity contribution is 5.17. The highest BCUT2D eigenvalue weighted by Gasteiger charge is 2.20. The van der Waals surface area contributed by atoms with Gasteiger partial charge in [0.15, 0.2) is 0 Å². The molecule has 0 bridgehead atoms. The molecule has 1 saturated heterocycles. The first-order chi connectivity index (χ1) is 7.79. The van der Waals surface area contributed by atoms with Crippen molar-refractivity contribution in [2.75, 3.05) is 26.4 Å². The highest BCUT2D eigenvalue weighted by atomic mass is 19.1. The van der Waals surface area contributed by atoms with Gasteiger partial charge in [0.2, 0.25) is 0 Å². The summed E-state index contributed by atoms with van der Waals surface area (Å²) >= 11 is 0. The van der Waals surface area contributed by atoms with Gasteiger partial charge in [0.25, 0.3) is 0 Å². The van der Waals surface area contributed by atoms with E-state index < -0.39 is 6.67 Å². The number of aryl methyl sites for hydroxylation is 1. The molecule has 0 saturated carbocycles. The van der Waals surface area contributed by atoms with Crippen LogP contribution in [0.15, 0.2) is 18.3 Å². The van der Waals surface area contributed by atoms with Crippen LogP contribution in [0.25, 0.3) is 0 Å². The van der Waals surface area contributed by atoms with Crippen molar-refractivity contribution in [1.29, 1.82) is 0 Å². The van der Waals surface area contributed by atoms with Crippen LogP contribution in [0.2, 0.25) is 0 Å². The minimum atomic E-state index is -0.405. The summed E-state index contributed by atoms with van der Waals surface area (Å²) < 4.78 is 17.8. The fraction of sp³-hybridized carbons (Fsp3) is 0.583. The summed E-state index contributed by atoms with van der Waals surface area (Å²) in [5.41, 5.74) is 2.26. The normalized spacial score (nSPS) is 22.2. The number of rotatable bonds is 3. The molecule has 0 aromatic carbocycles. The standard InChI is InChI=1S/C12H17FN2O/c1-10-3-2-4-14-12(10)9-15-5-6-16-11(7-13)8-15/h2-4,11H,5-9H2,1H3. The Labute approximate surface area is 95.2 Å². The molecule has 1 aromatic heterocycles. The SMILES string of the molecule is Cc1cccnc1CN1CCOC(CF)C1. The number of morpholine rings is 1. The Morgan fingerprint density at radius 3 is 3.25 bits per heavy atom. The summed E-state index contributed by atoms with van der Waals surface area (Å²) in [4.78, 5) is 6.54. The summed E-state index contributed by atoms with van der Waals surface area (Å²) in [6, 6.07) is 3.98. The van der Waals surface area contributed by atoms with E-state index in [1.165, 1.54) is 5.56 Å². The van der Waals surface area contributed by atoms with E-state index in [1.54, 1.807) is 6.20 Å². The van der Waals surface area contributed by atoms with E-state index in [-0.39, 0.29) is 6.10 Å². The Balaban J connectivity index is 1.97. The van der Waals surface area contributed by atoms with Gasteiger partial charge >= 0.3 is 0 Å². The van der Waals surface area contributed by atoms with E-state index >= 15 is 0 Å². The molecular weight excluding hydrogens is 207 g/mol. The van der Waals surface area contributed by atoms with E-state index in [9.17, 15) is 4.39 Å². The molecule has 2 heterocycles. The zero-order valence-electron chi connectivity index (χ0n) is 9.53. The molecule has 3 nitrogen and oxygen atoms in total. The number of ether oxygens (including phenoxy) is 1. The van der Waals surface area contributed by atoms with Crippen LogP contribution in [0.1, 0.15) is 11.3 Å². The molecule has 1 fully saturated rings. The number of alkyl halides is 1. The second kappa shape index (κ2) is 5.37. The van der Waals surface area contributed by atoms with Crippen molar-refractivity contribution in [3.05, 3.63) is 29.6 Å². The minimum Gasteiger partial charge on any atom is -0.373 e. The number of hydrogen-bond donors (Lipinski definition) is 0. The van der Waals surface area contributed by atoms with Crippen LogP contribution in [0.4, 0.5) is 4.39 Å². The molecule has 16 heavy (non-hydrogen) atoms. The average molecular weight is 224 g/mol. The lowest BCUT2D eigenvalue weighted by Crippen LogP contribution is -2.43. The summed E-state index contributed by atoms with van der Waals surface area (Å²) in [5, 5.41) is 0. The summed E-state index contributed by atoms with van der Waals surface area (Å²) in [7, 11) is 0. The fourth-order valence-electron chi connectivity index (χ4n) is 1.91. The Bertz CT molecular complexity index is 346. The third-order valence-electron chi connectivity index (χ3n) is 2.89. The Morgan fingerprint density at radius 1 is 1.62 bits per heavy atom. The zero-order valence-corrected chi connectivity index (χ0v) is 9.53. The van der Waals surface area contributed by atoms with Gasteiger partial charge in [-0.3, -0.25) is 9.88 Å². The Hall–Kier alpha value is -1.00. The molecule has 1 atom stereocenters.